The lowest BCUT2D eigenvalue weighted by Crippen LogP contribution is -2.14. The summed E-state index contributed by atoms with van der Waals surface area (Å²) in [5, 5.41) is 0. The number of carbonyl (C=O) groups is 1. The molecule has 0 amide bonds. The van der Waals surface area contributed by atoms with E-state index >= 15 is 0 Å². The van der Waals surface area contributed by atoms with Gasteiger partial charge in [0.1, 0.15) is 5.78 Å². The molecule has 1 unspecified atom stereocenters. The number of Topliss-reactive ketones (excluding diaryl/α,β-unsaturated/α-hetero) is 1. The maximum absolute atomic E-state index is 12.8. The van der Waals surface area contributed by atoms with Crippen LogP contribution in [0.25, 0.3) is 0 Å². The first-order chi connectivity index (χ1) is 6.75. The van der Waals surface area contributed by atoms with Gasteiger partial charge in [-0.1, -0.05) is 6.07 Å². The predicted octanol–water partition coefficient (Wildman–Crippen LogP) is 2.45. The summed E-state index contributed by atoms with van der Waals surface area (Å²) in [7, 11) is 0. The Kier molecular flexibility index (Phi) is 2.57. The lowest BCUT2D eigenvalue weighted by molar-refractivity contribution is -0.120. The van der Waals surface area contributed by atoms with Gasteiger partial charge in [0.15, 0.2) is 0 Å². The van der Waals surface area contributed by atoms with Gasteiger partial charge in [0.25, 0.3) is 0 Å². The van der Waals surface area contributed by atoms with Crippen LogP contribution in [0.3, 0.4) is 0 Å². The normalized spacial score (nSPS) is 22.4. The van der Waals surface area contributed by atoms with Crippen LogP contribution in [0.1, 0.15) is 37.3 Å². The molecule has 74 valence electrons. The number of hydrogen-bond acceptors (Lipinski definition) is 2. The Hall–Kier alpha value is -1.25. The first-order valence-corrected chi connectivity index (χ1v) is 4.90. The van der Waals surface area contributed by atoms with Gasteiger partial charge in [0.2, 0.25) is 5.95 Å². The molecule has 0 aromatic carbocycles. The molecule has 1 aliphatic rings. The lowest BCUT2D eigenvalue weighted by Gasteiger charge is -2.19. The second-order valence-corrected chi connectivity index (χ2v) is 3.72. The minimum atomic E-state index is -0.458. The summed E-state index contributed by atoms with van der Waals surface area (Å²) in [6.45, 7) is 0. The highest BCUT2D eigenvalue weighted by molar-refractivity contribution is 5.79. The van der Waals surface area contributed by atoms with E-state index in [1.807, 2.05) is 0 Å². The van der Waals surface area contributed by atoms with Crippen molar-refractivity contribution in [3.05, 3.63) is 29.8 Å². The molecular weight excluding hydrogens is 181 g/mol. The number of hydrogen-bond donors (Lipinski definition) is 0. The molecule has 2 nitrogen and oxygen atoms in total. The van der Waals surface area contributed by atoms with Crippen LogP contribution in [0.4, 0.5) is 4.39 Å². The van der Waals surface area contributed by atoms with Crippen LogP contribution in [0.5, 0.6) is 0 Å². The van der Waals surface area contributed by atoms with Crippen molar-refractivity contribution in [2.75, 3.05) is 0 Å². The number of halogens is 1. The molecule has 0 aliphatic heterocycles. The van der Waals surface area contributed by atoms with Crippen molar-refractivity contribution < 1.29 is 9.18 Å². The Morgan fingerprint density at radius 1 is 1.43 bits per heavy atom. The largest absolute Gasteiger partial charge is 0.300 e. The zero-order valence-corrected chi connectivity index (χ0v) is 7.87. The fourth-order valence-electron chi connectivity index (χ4n) is 1.93. The van der Waals surface area contributed by atoms with Crippen molar-refractivity contribution in [2.24, 2.45) is 0 Å². The molecule has 0 bridgehead atoms. The van der Waals surface area contributed by atoms with Crippen LogP contribution in [0.2, 0.25) is 0 Å². The quantitative estimate of drug-likeness (QED) is 0.641. The number of rotatable bonds is 1. The second kappa shape index (κ2) is 3.86. The predicted molar refractivity (Wildman–Crippen MR) is 50.4 cm³/mol. The molecular formula is C11H12FNO. The van der Waals surface area contributed by atoms with E-state index in [0.29, 0.717) is 12.8 Å². The number of carbonyl (C=O) groups excluding carboxylic acids is 1. The van der Waals surface area contributed by atoms with Crippen LogP contribution < -0.4 is 0 Å². The molecule has 0 radical (unpaired) electrons. The smallest absolute Gasteiger partial charge is 0.213 e. The van der Waals surface area contributed by atoms with E-state index in [2.05, 4.69) is 4.98 Å². The monoisotopic (exact) mass is 193 g/mol. The van der Waals surface area contributed by atoms with E-state index in [1.54, 1.807) is 12.1 Å². The SMILES string of the molecule is O=C1CCCC(c2cccc(F)n2)C1. The molecule has 1 aliphatic carbocycles. The highest BCUT2D eigenvalue weighted by atomic mass is 19.1. The first kappa shape index (κ1) is 9.31. The number of nitrogens with zero attached hydrogens (tertiary/aromatic N) is 1. The maximum Gasteiger partial charge on any atom is 0.213 e. The first-order valence-electron chi connectivity index (χ1n) is 4.90. The zero-order valence-electron chi connectivity index (χ0n) is 7.87. The molecule has 1 aromatic heterocycles. The van der Waals surface area contributed by atoms with Gasteiger partial charge in [0, 0.05) is 24.5 Å². The van der Waals surface area contributed by atoms with E-state index in [4.69, 9.17) is 0 Å². The molecule has 14 heavy (non-hydrogen) atoms. The average molecular weight is 193 g/mol. The summed E-state index contributed by atoms with van der Waals surface area (Å²) in [4.78, 5) is 15.0. The van der Waals surface area contributed by atoms with Gasteiger partial charge in [-0.05, 0) is 25.0 Å². The Morgan fingerprint density at radius 3 is 3.00 bits per heavy atom. The summed E-state index contributed by atoms with van der Waals surface area (Å²) in [5.41, 5.74) is 0.720. The summed E-state index contributed by atoms with van der Waals surface area (Å²) < 4.78 is 12.8. The second-order valence-electron chi connectivity index (χ2n) is 3.72. The van der Waals surface area contributed by atoms with Gasteiger partial charge < -0.3 is 0 Å². The van der Waals surface area contributed by atoms with Gasteiger partial charge in [0.05, 0.1) is 0 Å². The fraction of sp³-hybridized carbons (Fsp3) is 0.455. The molecule has 1 aromatic rings. The van der Waals surface area contributed by atoms with Gasteiger partial charge in [-0.25, -0.2) is 4.98 Å². The molecule has 1 saturated carbocycles. The van der Waals surface area contributed by atoms with Crippen molar-refractivity contribution in [1.29, 1.82) is 0 Å². The molecule has 2 rings (SSSR count). The maximum atomic E-state index is 12.8. The number of ketones is 1. The fourth-order valence-corrected chi connectivity index (χ4v) is 1.93. The third kappa shape index (κ3) is 1.97. The van der Waals surface area contributed by atoms with Crippen LogP contribution in [0, 0.1) is 5.95 Å². The zero-order chi connectivity index (χ0) is 9.97. The molecule has 0 N–H and O–H groups in total. The van der Waals surface area contributed by atoms with Crippen LogP contribution >= 0.6 is 0 Å². The Morgan fingerprint density at radius 2 is 2.29 bits per heavy atom. The van der Waals surface area contributed by atoms with E-state index in [9.17, 15) is 9.18 Å². The van der Waals surface area contributed by atoms with E-state index in [-0.39, 0.29) is 11.7 Å². The highest BCUT2D eigenvalue weighted by Crippen LogP contribution is 2.29. The molecule has 0 saturated heterocycles. The molecule has 1 atom stereocenters. The van der Waals surface area contributed by atoms with Gasteiger partial charge in [-0.3, -0.25) is 4.79 Å². The van der Waals surface area contributed by atoms with E-state index in [0.717, 1.165) is 18.5 Å². The van der Waals surface area contributed by atoms with Crippen molar-refractivity contribution in [3.63, 3.8) is 0 Å². The van der Waals surface area contributed by atoms with Gasteiger partial charge in [-0.2, -0.15) is 4.39 Å². The van der Waals surface area contributed by atoms with Crippen molar-refractivity contribution >= 4 is 5.78 Å². The summed E-state index contributed by atoms with van der Waals surface area (Å²) in [5.74, 6) is -0.0558. The van der Waals surface area contributed by atoms with Crippen molar-refractivity contribution in [1.82, 2.24) is 4.98 Å². The summed E-state index contributed by atoms with van der Waals surface area (Å²) in [6, 6.07) is 4.78. The Bertz CT molecular complexity index is 351. The molecule has 0 spiro atoms. The summed E-state index contributed by atoms with van der Waals surface area (Å²) in [6.07, 6.45) is 3.05. The van der Waals surface area contributed by atoms with E-state index < -0.39 is 5.95 Å². The third-order valence-electron chi connectivity index (χ3n) is 2.64. The Labute approximate surface area is 82.2 Å². The minimum absolute atomic E-state index is 0.131. The average Bonchev–Trinajstić information content (AvgIpc) is 2.18. The number of aromatic nitrogens is 1. The topological polar surface area (TPSA) is 30.0 Å². The van der Waals surface area contributed by atoms with Crippen LogP contribution in [-0.4, -0.2) is 10.8 Å². The molecule has 1 heterocycles. The van der Waals surface area contributed by atoms with Crippen molar-refractivity contribution in [3.8, 4) is 0 Å². The van der Waals surface area contributed by atoms with Crippen LogP contribution in [-0.2, 0) is 4.79 Å². The number of pyridine rings is 1. The minimum Gasteiger partial charge on any atom is -0.300 e. The van der Waals surface area contributed by atoms with Gasteiger partial charge in [-0.15, -0.1) is 0 Å². The molecule has 3 heteroatoms. The standard InChI is InChI=1S/C11H12FNO/c12-11-6-2-5-10(13-11)8-3-1-4-9(14)7-8/h2,5-6,8H,1,3-4,7H2. The van der Waals surface area contributed by atoms with Crippen molar-refractivity contribution in [2.45, 2.75) is 31.6 Å². The third-order valence-corrected chi connectivity index (χ3v) is 2.64. The Balaban J connectivity index is 2.17. The van der Waals surface area contributed by atoms with E-state index in [1.165, 1.54) is 6.07 Å². The van der Waals surface area contributed by atoms with Gasteiger partial charge >= 0.3 is 0 Å². The lowest BCUT2D eigenvalue weighted by atomic mass is 9.86. The summed E-state index contributed by atoms with van der Waals surface area (Å²) >= 11 is 0. The van der Waals surface area contributed by atoms with Crippen LogP contribution in [0.15, 0.2) is 18.2 Å². The highest BCUT2D eigenvalue weighted by Gasteiger charge is 2.21. The molecule has 1 fully saturated rings.